The van der Waals surface area contributed by atoms with Crippen LogP contribution >= 0.6 is 27.7 Å². The lowest BCUT2D eigenvalue weighted by Gasteiger charge is -2.14. The van der Waals surface area contributed by atoms with Gasteiger partial charge in [-0.15, -0.1) is 0 Å². The summed E-state index contributed by atoms with van der Waals surface area (Å²) in [6.45, 7) is 0. The van der Waals surface area contributed by atoms with E-state index in [2.05, 4.69) is 15.9 Å². The fraction of sp³-hybridized carbons (Fsp3) is 0.364. The van der Waals surface area contributed by atoms with Crippen molar-refractivity contribution in [1.29, 1.82) is 0 Å². The summed E-state index contributed by atoms with van der Waals surface area (Å²) >= 11 is 5.00. The third-order valence-corrected chi connectivity index (χ3v) is 4.48. The molecule has 0 radical (unpaired) electrons. The van der Waals surface area contributed by atoms with Crippen molar-refractivity contribution in [2.75, 3.05) is 12.9 Å². The molecule has 2 unspecified atom stereocenters. The van der Waals surface area contributed by atoms with E-state index < -0.39 is 12.0 Å². The van der Waals surface area contributed by atoms with Crippen LogP contribution in [0.1, 0.15) is 10.9 Å². The van der Waals surface area contributed by atoms with Crippen molar-refractivity contribution in [3.05, 3.63) is 28.2 Å². The minimum atomic E-state index is -1.01. The second-order valence-corrected chi connectivity index (χ2v) is 5.85. The van der Waals surface area contributed by atoms with Crippen LogP contribution in [0.25, 0.3) is 0 Å². The van der Waals surface area contributed by atoms with Crippen molar-refractivity contribution >= 4 is 33.7 Å². The van der Waals surface area contributed by atoms with Crippen LogP contribution in [0, 0.1) is 0 Å². The number of quaternary nitrogens is 1. The predicted octanol–water partition coefficient (Wildman–Crippen LogP) is -0.115. The maximum absolute atomic E-state index is 10.8. The number of ether oxygens (including phenoxy) is 1. The van der Waals surface area contributed by atoms with Crippen molar-refractivity contribution in [3.63, 3.8) is 0 Å². The van der Waals surface area contributed by atoms with Gasteiger partial charge in [0.15, 0.2) is 5.37 Å². The number of aliphatic carboxylic acids is 1. The summed E-state index contributed by atoms with van der Waals surface area (Å²) < 4.78 is 6.25. The van der Waals surface area contributed by atoms with Gasteiger partial charge in [-0.2, -0.15) is 0 Å². The van der Waals surface area contributed by atoms with Crippen molar-refractivity contribution < 1.29 is 20.0 Å². The number of carboxylic acid groups (broad SMARTS) is 1. The van der Waals surface area contributed by atoms with Gasteiger partial charge in [0.2, 0.25) is 0 Å². The van der Waals surface area contributed by atoms with Gasteiger partial charge in [0.05, 0.1) is 18.4 Å². The maximum Gasteiger partial charge on any atom is 0.163 e. The molecule has 0 aromatic heterocycles. The van der Waals surface area contributed by atoms with E-state index in [0.717, 1.165) is 15.8 Å². The Morgan fingerprint density at radius 3 is 3.00 bits per heavy atom. The van der Waals surface area contributed by atoms with E-state index in [4.69, 9.17) is 4.74 Å². The van der Waals surface area contributed by atoms with Gasteiger partial charge in [0.25, 0.3) is 0 Å². The number of halogens is 1. The fourth-order valence-electron chi connectivity index (χ4n) is 1.80. The van der Waals surface area contributed by atoms with Gasteiger partial charge in [0, 0.05) is 4.47 Å². The molecule has 1 saturated heterocycles. The highest BCUT2D eigenvalue weighted by atomic mass is 79.9. The smallest absolute Gasteiger partial charge is 0.163 e. The lowest BCUT2D eigenvalue weighted by molar-refractivity contribution is -0.690. The number of thioether (sulfide) groups is 1. The molecule has 0 bridgehead atoms. The van der Waals surface area contributed by atoms with Crippen molar-refractivity contribution in [2.45, 2.75) is 11.4 Å². The highest BCUT2D eigenvalue weighted by Crippen LogP contribution is 2.34. The van der Waals surface area contributed by atoms with E-state index in [9.17, 15) is 9.90 Å². The first-order valence-electron chi connectivity index (χ1n) is 5.12. The van der Waals surface area contributed by atoms with Gasteiger partial charge < -0.3 is 20.0 Å². The Labute approximate surface area is 112 Å². The van der Waals surface area contributed by atoms with E-state index in [1.807, 2.05) is 23.5 Å². The van der Waals surface area contributed by atoms with E-state index in [1.54, 1.807) is 18.9 Å². The number of methoxy groups -OCH3 is 1. The Kier molecular flexibility index (Phi) is 3.96. The molecule has 4 nitrogen and oxygen atoms in total. The van der Waals surface area contributed by atoms with Crippen molar-refractivity contribution in [3.8, 4) is 5.75 Å². The molecule has 0 saturated carbocycles. The van der Waals surface area contributed by atoms with Crippen molar-refractivity contribution in [2.24, 2.45) is 0 Å². The lowest BCUT2D eigenvalue weighted by Crippen LogP contribution is -2.90. The number of hydrogen-bond acceptors (Lipinski definition) is 4. The zero-order valence-electron chi connectivity index (χ0n) is 9.18. The van der Waals surface area contributed by atoms with E-state index in [1.165, 1.54) is 0 Å². The quantitative estimate of drug-likeness (QED) is 0.844. The van der Waals surface area contributed by atoms with E-state index >= 15 is 0 Å². The molecule has 1 heterocycles. The van der Waals surface area contributed by atoms with Gasteiger partial charge in [-0.05, 0) is 18.2 Å². The highest BCUT2D eigenvalue weighted by Gasteiger charge is 2.32. The number of benzene rings is 1. The summed E-state index contributed by atoms with van der Waals surface area (Å²) in [4.78, 5) is 10.8. The Hall–Kier alpha value is -0.720. The SMILES string of the molecule is COc1ccc(Br)cc1C1[NH2+]C(C(=O)[O-])CS1. The molecule has 1 aromatic rings. The average molecular weight is 318 g/mol. The largest absolute Gasteiger partial charge is 0.544 e. The molecule has 17 heavy (non-hydrogen) atoms. The number of carboxylic acids is 1. The number of hydrogen-bond donors (Lipinski definition) is 1. The summed E-state index contributed by atoms with van der Waals surface area (Å²) in [6, 6.07) is 5.26. The third-order valence-electron chi connectivity index (χ3n) is 2.66. The topological polar surface area (TPSA) is 66.0 Å². The normalized spacial score (nSPS) is 23.6. The number of carbonyl (C=O) groups excluding carboxylic acids is 1. The number of rotatable bonds is 3. The fourth-order valence-corrected chi connectivity index (χ4v) is 3.50. The standard InChI is InChI=1S/C11H12BrNO3S/c1-16-9-3-2-6(12)4-7(9)10-13-8(5-17-10)11(14)15/h2-4,8,10,13H,5H2,1H3,(H,14,15). The predicted molar refractivity (Wildman–Crippen MR) is 66.6 cm³/mol. The van der Waals surface area contributed by atoms with Crippen LogP contribution in [0.3, 0.4) is 0 Å². The van der Waals surface area contributed by atoms with Crippen LogP contribution in [-0.2, 0) is 4.79 Å². The maximum atomic E-state index is 10.8. The number of nitrogens with two attached hydrogens (primary N) is 1. The molecule has 1 aliphatic heterocycles. The molecule has 92 valence electrons. The van der Waals surface area contributed by atoms with Gasteiger partial charge in [0.1, 0.15) is 17.8 Å². The minimum absolute atomic E-state index is 0.0466. The molecule has 1 fully saturated rings. The molecule has 0 spiro atoms. The molecule has 0 amide bonds. The Morgan fingerprint density at radius 1 is 1.65 bits per heavy atom. The van der Waals surface area contributed by atoms with Crippen LogP contribution < -0.4 is 15.2 Å². The molecule has 1 aliphatic rings. The third kappa shape index (κ3) is 2.75. The first-order valence-corrected chi connectivity index (χ1v) is 6.97. The Bertz CT molecular complexity index is 441. The first-order chi connectivity index (χ1) is 8.11. The van der Waals surface area contributed by atoms with Gasteiger partial charge in [-0.1, -0.05) is 27.7 Å². The monoisotopic (exact) mass is 317 g/mol. The molecule has 6 heteroatoms. The second-order valence-electron chi connectivity index (χ2n) is 3.76. The summed E-state index contributed by atoms with van der Waals surface area (Å²) in [5, 5.41) is 12.7. The van der Waals surface area contributed by atoms with Crippen LogP contribution in [-0.4, -0.2) is 24.9 Å². The van der Waals surface area contributed by atoms with Gasteiger partial charge in [-0.3, -0.25) is 0 Å². The van der Waals surface area contributed by atoms with Gasteiger partial charge >= 0.3 is 0 Å². The van der Waals surface area contributed by atoms with E-state index in [-0.39, 0.29) is 5.37 Å². The molecular weight excluding hydrogens is 306 g/mol. The summed E-state index contributed by atoms with van der Waals surface area (Å²) in [6.07, 6.45) is 0. The molecule has 2 atom stereocenters. The summed E-state index contributed by atoms with van der Waals surface area (Å²) in [5.74, 6) is 0.331. The zero-order valence-corrected chi connectivity index (χ0v) is 11.6. The molecule has 1 aromatic carbocycles. The Morgan fingerprint density at radius 2 is 2.41 bits per heavy atom. The highest BCUT2D eigenvalue weighted by molar-refractivity contribution is 9.10. The summed E-state index contributed by atoms with van der Waals surface area (Å²) in [7, 11) is 1.61. The van der Waals surface area contributed by atoms with Gasteiger partial charge in [-0.25, -0.2) is 0 Å². The van der Waals surface area contributed by atoms with Crippen molar-refractivity contribution in [1.82, 2.24) is 0 Å². The van der Waals surface area contributed by atoms with Crippen LogP contribution in [0.15, 0.2) is 22.7 Å². The van der Waals surface area contributed by atoms with E-state index in [0.29, 0.717) is 5.75 Å². The minimum Gasteiger partial charge on any atom is -0.544 e. The zero-order chi connectivity index (χ0) is 12.4. The average Bonchev–Trinajstić information content (AvgIpc) is 2.78. The molecular formula is C11H12BrNO3S. The molecule has 2 rings (SSSR count). The van der Waals surface area contributed by atoms with Crippen LogP contribution in [0.4, 0.5) is 0 Å². The lowest BCUT2D eigenvalue weighted by atomic mass is 10.2. The van der Waals surface area contributed by atoms with Crippen LogP contribution in [0.5, 0.6) is 5.75 Å². The second kappa shape index (κ2) is 5.29. The van der Waals surface area contributed by atoms with Crippen LogP contribution in [0.2, 0.25) is 0 Å². The number of carbonyl (C=O) groups is 1. The Balaban J connectivity index is 2.23. The first kappa shape index (κ1) is 12.7. The molecule has 0 aliphatic carbocycles. The summed E-state index contributed by atoms with van der Waals surface area (Å²) in [5.41, 5.74) is 0.996. The molecule has 2 N–H and O–H groups in total.